The first-order valence-electron chi connectivity index (χ1n) is 12.7. The van der Waals surface area contributed by atoms with E-state index in [0.717, 1.165) is 4.31 Å². The van der Waals surface area contributed by atoms with Crippen LogP contribution in [0.3, 0.4) is 0 Å². The molecule has 3 rings (SSSR count). The lowest BCUT2D eigenvalue weighted by molar-refractivity contribution is -0.140. The molecule has 1 N–H and O–H groups in total. The maximum Gasteiger partial charge on any atom is 0.264 e. The van der Waals surface area contributed by atoms with E-state index in [-0.39, 0.29) is 29.1 Å². The van der Waals surface area contributed by atoms with Crippen molar-refractivity contribution in [2.75, 3.05) is 18.0 Å². The molecule has 0 aliphatic carbocycles. The summed E-state index contributed by atoms with van der Waals surface area (Å²) in [7, 11) is -2.75. The van der Waals surface area contributed by atoms with Gasteiger partial charge in [0.2, 0.25) is 11.8 Å². The van der Waals surface area contributed by atoms with Crippen LogP contribution in [0.15, 0.2) is 77.7 Å². The van der Waals surface area contributed by atoms with Gasteiger partial charge < -0.3 is 15.0 Å². The van der Waals surface area contributed by atoms with Crippen LogP contribution in [0.5, 0.6) is 5.75 Å². The van der Waals surface area contributed by atoms with Crippen LogP contribution in [0.2, 0.25) is 10.0 Å². The molecule has 0 aliphatic heterocycles. The van der Waals surface area contributed by atoms with Crippen molar-refractivity contribution in [3.8, 4) is 5.75 Å². The fourth-order valence-electron chi connectivity index (χ4n) is 4.15. The number of sulfonamides is 1. The molecule has 2 amide bonds. The van der Waals surface area contributed by atoms with Crippen LogP contribution in [0, 0.1) is 0 Å². The summed E-state index contributed by atoms with van der Waals surface area (Å²) in [5.41, 5.74) is 0.828. The topological polar surface area (TPSA) is 96.0 Å². The summed E-state index contributed by atoms with van der Waals surface area (Å²) in [6, 6.07) is 18.1. The highest BCUT2D eigenvalue weighted by molar-refractivity contribution is 7.92. The number of carbonyl (C=O) groups is 2. The van der Waals surface area contributed by atoms with Gasteiger partial charge in [0.25, 0.3) is 10.0 Å². The van der Waals surface area contributed by atoms with Crippen LogP contribution in [0.4, 0.5) is 5.69 Å². The van der Waals surface area contributed by atoms with Crippen molar-refractivity contribution in [1.82, 2.24) is 10.2 Å². The van der Waals surface area contributed by atoms with Gasteiger partial charge in [-0.05, 0) is 74.4 Å². The van der Waals surface area contributed by atoms with E-state index in [1.807, 2.05) is 13.8 Å². The molecular formula is C29H33Cl2N3O5S. The monoisotopic (exact) mass is 605 g/mol. The Balaban J connectivity index is 2.08. The molecule has 8 nitrogen and oxygen atoms in total. The van der Waals surface area contributed by atoms with Crippen molar-refractivity contribution in [2.24, 2.45) is 0 Å². The van der Waals surface area contributed by atoms with E-state index < -0.39 is 28.5 Å². The van der Waals surface area contributed by atoms with Crippen molar-refractivity contribution in [1.29, 1.82) is 0 Å². The van der Waals surface area contributed by atoms with Crippen molar-refractivity contribution >= 4 is 50.7 Å². The largest absolute Gasteiger partial charge is 0.497 e. The van der Waals surface area contributed by atoms with Gasteiger partial charge in [-0.3, -0.25) is 13.9 Å². The molecule has 0 saturated heterocycles. The van der Waals surface area contributed by atoms with Gasteiger partial charge >= 0.3 is 0 Å². The zero-order valence-electron chi connectivity index (χ0n) is 22.8. The zero-order chi connectivity index (χ0) is 29.4. The third kappa shape index (κ3) is 7.68. The second kappa shape index (κ2) is 13.9. The lowest BCUT2D eigenvalue weighted by Gasteiger charge is -2.33. The van der Waals surface area contributed by atoms with Crippen LogP contribution in [0.25, 0.3) is 0 Å². The van der Waals surface area contributed by atoms with Crippen LogP contribution in [0.1, 0.15) is 32.8 Å². The molecule has 0 heterocycles. The molecule has 0 aliphatic rings. The first-order valence-corrected chi connectivity index (χ1v) is 14.9. The molecule has 1 atom stereocenters. The van der Waals surface area contributed by atoms with Gasteiger partial charge in [-0.2, -0.15) is 0 Å². The summed E-state index contributed by atoms with van der Waals surface area (Å²) in [5.74, 6) is -0.440. The fourth-order valence-corrected chi connectivity index (χ4v) is 5.93. The summed E-state index contributed by atoms with van der Waals surface area (Å²) in [6.45, 7) is 4.87. The predicted octanol–water partition coefficient (Wildman–Crippen LogP) is 5.53. The number of hydrogen-bond donors (Lipinski definition) is 1. The highest BCUT2D eigenvalue weighted by atomic mass is 35.5. The molecular weight excluding hydrogens is 573 g/mol. The number of anilines is 1. The van der Waals surface area contributed by atoms with Crippen molar-refractivity contribution < 1.29 is 22.7 Å². The quantitative estimate of drug-likeness (QED) is 0.293. The Kier molecular flexibility index (Phi) is 10.8. The third-order valence-electron chi connectivity index (χ3n) is 6.14. The minimum absolute atomic E-state index is 0.00843. The summed E-state index contributed by atoms with van der Waals surface area (Å²) >= 11 is 12.6. The Morgan fingerprint density at radius 3 is 2.23 bits per heavy atom. The van der Waals surface area contributed by atoms with E-state index in [1.165, 1.54) is 42.3 Å². The molecule has 3 aromatic rings. The Bertz CT molecular complexity index is 1430. The van der Waals surface area contributed by atoms with Gasteiger partial charge in [0.15, 0.2) is 0 Å². The lowest BCUT2D eigenvalue weighted by atomic mass is 10.1. The summed E-state index contributed by atoms with van der Waals surface area (Å²) in [4.78, 5) is 28.6. The minimum atomic E-state index is -4.23. The Hall–Kier alpha value is -3.27. The van der Waals surface area contributed by atoms with E-state index in [0.29, 0.717) is 27.8 Å². The number of nitrogens with one attached hydrogen (secondary N) is 1. The van der Waals surface area contributed by atoms with Crippen LogP contribution >= 0.6 is 23.2 Å². The standard InChI is InChI=1S/C29H33Cl2N3O5S/c1-5-27(29(36)32-20(2)3)33(18-21-9-6-7-12-26(21)31)28(35)19-34(23-11-8-10-22(30)17-23)40(37,38)25-15-13-24(39-4)14-16-25/h6-17,20,27H,5,18-19H2,1-4H3,(H,32,36)/t27-/m0/s1. The summed E-state index contributed by atoms with van der Waals surface area (Å²) in [5, 5.41) is 3.59. The van der Waals surface area contributed by atoms with E-state index >= 15 is 0 Å². The van der Waals surface area contributed by atoms with E-state index in [9.17, 15) is 18.0 Å². The SMILES string of the molecule is CC[C@@H](C(=O)NC(C)C)N(Cc1ccccc1Cl)C(=O)CN(c1cccc(Cl)c1)S(=O)(=O)c1ccc(OC)cc1. The number of benzene rings is 3. The van der Waals surface area contributed by atoms with Gasteiger partial charge in [0.05, 0.1) is 17.7 Å². The average molecular weight is 607 g/mol. The molecule has 0 saturated carbocycles. The van der Waals surface area contributed by atoms with Crippen LogP contribution < -0.4 is 14.4 Å². The number of halogens is 2. The van der Waals surface area contributed by atoms with Crippen LogP contribution in [-0.2, 0) is 26.2 Å². The van der Waals surface area contributed by atoms with E-state index in [4.69, 9.17) is 27.9 Å². The number of methoxy groups -OCH3 is 1. The highest BCUT2D eigenvalue weighted by Gasteiger charge is 2.34. The minimum Gasteiger partial charge on any atom is -0.497 e. The normalized spacial score (nSPS) is 12.1. The van der Waals surface area contributed by atoms with E-state index in [1.54, 1.807) is 49.4 Å². The lowest BCUT2D eigenvalue weighted by Crippen LogP contribution is -2.53. The Morgan fingerprint density at radius 2 is 1.65 bits per heavy atom. The number of amides is 2. The molecule has 214 valence electrons. The van der Waals surface area contributed by atoms with Crippen molar-refractivity contribution in [3.05, 3.63) is 88.4 Å². The van der Waals surface area contributed by atoms with Crippen LogP contribution in [-0.4, -0.2) is 50.9 Å². The smallest absolute Gasteiger partial charge is 0.264 e. The van der Waals surface area contributed by atoms with Gasteiger partial charge in [-0.25, -0.2) is 8.42 Å². The molecule has 0 aromatic heterocycles. The van der Waals surface area contributed by atoms with E-state index in [2.05, 4.69) is 5.32 Å². The van der Waals surface area contributed by atoms with Gasteiger partial charge in [-0.1, -0.05) is 54.4 Å². The number of nitrogens with zero attached hydrogens (tertiary/aromatic N) is 2. The molecule has 0 radical (unpaired) electrons. The average Bonchev–Trinajstić information content (AvgIpc) is 2.92. The maximum absolute atomic E-state index is 14.0. The number of rotatable bonds is 12. The molecule has 0 bridgehead atoms. The predicted molar refractivity (Wildman–Crippen MR) is 158 cm³/mol. The first kappa shape index (κ1) is 31.3. The molecule has 0 unspecified atom stereocenters. The second-order valence-corrected chi connectivity index (χ2v) is 12.1. The zero-order valence-corrected chi connectivity index (χ0v) is 25.1. The number of hydrogen-bond acceptors (Lipinski definition) is 5. The maximum atomic E-state index is 14.0. The molecule has 0 spiro atoms. The van der Waals surface area contributed by atoms with Gasteiger partial charge in [0, 0.05) is 22.6 Å². The number of ether oxygens (including phenoxy) is 1. The summed E-state index contributed by atoms with van der Waals surface area (Å²) < 4.78 is 34.0. The Morgan fingerprint density at radius 1 is 0.975 bits per heavy atom. The fraction of sp³-hybridized carbons (Fsp3) is 0.310. The third-order valence-corrected chi connectivity index (χ3v) is 8.53. The summed E-state index contributed by atoms with van der Waals surface area (Å²) in [6.07, 6.45) is 0.303. The second-order valence-electron chi connectivity index (χ2n) is 9.37. The Labute approximate surface area is 245 Å². The molecule has 11 heteroatoms. The number of carbonyl (C=O) groups excluding carboxylic acids is 2. The highest BCUT2D eigenvalue weighted by Crippen LogP contribution is 2.28. The van der Waals surface area contributed by atoms with Crippen molar-refractivity contribution in [3.63, 3.8) is 0 Å². The molecule has 3 aromatic carbocycles. The van der Waals surface area contributed by atoms with Gasteiger partial charge in [-0.15, -0.1) is 0 Å². The molecule has 40 heavy (non-hydrogen) atoms. The van der Waals surface area contributed by atoms with Gasteiger partial charge in [0.1, 0.15) is 18.3 Å². The first-order chi connectivity index (χ1) is 19.0. The molecule has 0 fully saturated rings. The van der Waals surface area contributed by atoms with Crippen molar-refractivity contribution in [2.45, 2.75) is 50.7 Å².